The first-order valence-corrected chi connectivity index (χ1v) is 8.69. The lowest BCUT2D eigenvalue weighted by Gasteiger charge is -2.32. The highest BCUT2D eigenvalue weighted by molar-refractivity contribution is 5.89. The van der Waals surface area contributed by atoms with E-state index in [1.54, 1.807) is 4.90 Å². The third-order valence-electron chi connectivity index (χ3n) is 4.71. The van der Waals surface area contributed by atoms with Crippen LogP contribution in [0.25, 0.3) is 0 Å². The lowest BCUT2D eigenvalue weighted by molar-refractivity contribution is -0.137. The molecule has 1 heterocycles. The maximum atomic E-state index is 12.8. The van der Waals surface area contributed by atoms with Gasteiger partial charge in [0.25, 0.3) is 0 Å². The quantitative estimate of drug-likeness (QED) is 0.800. The highest BCUT2D eigenvalue weighted by Gasteiger charge is 2.30. The Balaban J connectivity index is 1.52. The molecule has 0 atom stereocenters. The van der Waals surface area contributed by atoms with Crippen LogP contribution >= 0.6 is 0 Å². The Morgan fingerprint density at radius 2 is 1.73 bits per heavy atom. The summed E-state index contributed by atoms with van der Waals surface area (Å²) in [6.07, 6.45) is -1.64. The number of amides is 2. The van der Waals surface area contributed by atoms with Gasteiger partial charge in [-0.15, -0.1) is 0 Å². The number of carbonyl (C=O) groups is 1. The van der Waals surface area contributed by atoms with E-state index < -0.39 is 11.7 Å². The molecule has 2 aromatic carbocycles. The van der Waals surface area contributed by atoms with Gasteiger partial charge in [0, 0.05) is 18.8 Å². The molecular formula is C20H21F3N2O. The monoisotopic (exact) mass is 362 g/mol. The Bertz CT molecular complexity index is 738. The number of urea groups is 1. The van der Waals surface area contributed by atoms with Crippen molar-refractivity contribution in [1.29, 1.82) is 0 Å². The Morgan fingerprint density at radius 1 is 1.04 bits per heavy atom. The molecule has 6 heteroatoms. The van der Waals surface area contributed by atoms with Crippen molar-refractivity contribution in [3.63, 3.8) is 0 Å². The number of rotatable bonds is 3. The number of likely N-dealkylation sites (tertiary alicyclic amines) is 1. The number of hydrogen-bond acceptors (Lipinski definition) is 1. The molecule has 3 nitrogen and oxygen atoms in total. The fraction of sp³-hybridized carbons (Fsp3) is 0.350. The minimum atomic E-state index is -4.42. The molecule has 0 radical (unpaired) electrons. The Hall–Kier alpha value is -2.50. The van der Waals surface area contributed by atoms with Crippen molar-refractivity contribution in [3.8, 4) is 0 Å². The van der Waals surface area contributed by atoms with Gasteiger partial charge in [0.05, 0.1) is 5.56 Å². The smallest absolute Gasteiger partial charge is 0.325 e. The molecule has 0 saturated carbocycles. The molecule has 0 bridgehead atoms. The molecule has 2 aromatic rings. The topological polar surface area (TPSA) is 32.3 Å². The minimum absolute atomic E-state index is 0.163. The molecule has 1 saturated heterocycles. The summed E-state index contributed by atoms with van der Waals surface area (Å²) in [6.45, 7) is 1.23. The number of anilines is 1. The summed E-state index contributed by atoms with van der Waals surface area (Å²) >= 11 is 0. The first-order valence-electron chi connectivity index (χ1n) is 8.69. The number of nitrogens with zero attached hydrogens (tertiary/aromatic N) is 1. The van der Waals surface area contributed by atoms with Gasteiger partial charge in [-0.25, -0.2) is 4.79 Å². The zero-order valence-corrected chi connectivity index (χ0v) is 14.3. The van der Waals surface area contributed by atoms with E-state index in [1.165, 1.54) is 17.7 Å². The van der Waals surface area contributed by atoms with E-state index in [1.807, 2.05) is 18.2 Å². The lowest BCUT2D eigenvalue weighted by atomic mass is 9.90. The number of benzene rings is 2. The molecule has 138 valence electrons. The van der Waals surface area contributed by atoms with Crippen molar-refractivity contribution < 1.29 is 18.0 Å². The van der Waals surface area contributed by atoms with Crippen LogP contribution in [0.2, 0.25) is 0 Å². The fourth-order valence-corrected chi connectivity index (χ4v) is 3.26. The number of halogens is 3. The summed E-state index contributed by atoms with van der Waals surface area (Å²) in [4.78, 5) is 14.0. The summed E-state index contributed by atoms with van der Waals surface area (Å²) in [6, 6.07) is 14.6. The average molecular weight is 362 g/mol. The highest BCUT2D eigenvalue weighted by Crippen LogP contribution is 2.31. The Labute approximate surface area is 150 Å². The van der Waals surface area contributed by atoms with Gasteiger partial charge in [0.15, 0.2) is 0 Å². The van der Waals surface area contributed by atoms with Crippen LogP contribution in [0.1, 0.15) is 24.0 Å². The largest absolute Gasteiger partial charge is 0.416 e. The van der Waals surface area contributed by atoms with Gasteiger partial charge in [-0.05, 0) is 48.9 Å². The fourth-order valence-electron chi connectivity index (χ4n) is 3.26. The zero-order chi connectivity index (χ0) is 18.6. The first-order chi connectivity index (χ1) is 12.4. The predicted octanol–water partition coefficient (Wildman–Crippen LogP) is 5.19. The maximum absolute atomic E-state index is 12.8. The van der Waals surface area contributed by atoms with E-state index in [2.05, 4.69) is 17.4 Å². The molecular weight excluding hydrogens is 341 g/mol. The number of alkyl halides is 3. The number of hydrogen-bond donors (Lipinski definition) is 1. The van der Waals surface area contributed by atoms with E-state index in [9.17, 15) is 18.0 Å². The van der Waals surface area contributed by atoms with Crippen molar-refractivity contribution in [1.82, 2.24) is 4.90 Å². The van der Waals surface area contributed by atoms with Gasteiger partial charge in [-0.3, -0.25) is 0 Å². The van der Waals surface area contributed by atoms with Gasteiger partial charge in [-0.2, -0.15) is 13.2 Å². The van der Waals surface area contributed by atoms with E-state index in [0.717, 1.165) is 31.4 Å². The van der Waals surface area contributed by atoms with Crippen LogP contribution in [0.15, 0.2) is 54.6 Å². The summed E-state index contributed by atoms with van der Waals surface area (Å²) in [5, 5.41) is 2.58. The normalized spacial score (nSPS) is 15.7. The molecule has 1 aliphatic rings. The van der Waals surface area contributed by atoms with Crippen LogP contribution in [0, 0.1) is 5.92 Å². The molecule has 2 amide bonds. The third kappa shape index (κ3) is 4.77. The second-order valence-corrected chi connectivity index (χ2v) is 6.63. The molecule has 0 unspecified atom stereocenters. The van der Waals surface area contributed by atoms with Gasteiger partial charge < -0.3 is 10.2 Å². The molecule has 0 spiro atoms. The SMILES string of the molecule is O=C(Nc1cccc(C(F)(F)F)c1)N1CCC(Cc2ccccc2)CC1. The molecule has 0 aliphatic carbocycles. The minimum Gasteiger partial charge on any atom is -0.325 e. The van der Waals surface area contributed by atoms with E-state index in [-0.39, 0.29) is 11.7 Å². The van der Waals surface area contributed by atoms with E-state index >= 15 is 0 Å². The molecule has 26 heavy (non-hydrogen) atoms. The van der Waals surface area contributed by atoms with Gasteiger partial charge in [-0.1, -0.05) is 36.4 Å². The van der Waals surface area contributed by atoms with Crippen LogP contribution in [0.5, 0.6) is 0 Å². The lowest BCUT2D eigenvalue weighted by Crippen LogP contribution is -2.41. The average Bonchev–Trinajstić information content (AvgIpc) is 2.63. The predicted molar refractivity (Wildman–Crippen MR) is 94.9 cm³/mol. The van der Waals surface area contributed by atoms with Crippen molar-refractivity contribution in [2.45, 2.75) is 25.4 Å². The van der Waals surface area contributed by atoms with Crippen molar-refractivity contribution in [2.24, 2.45) is 5.92 Å². The number of nitrogens with one attached hydrogen (secondary N) is 1. The van der Waals surface area contributed by atoms with Crippen LogP contribution in [0.4, 0.5) is 23.7 Å². The van der Waals surface area contributed by atoms with Gasteiger partial charge >= 0.3 is 12.2 Å². The summed E-state index contributed by atoms with van der Waals surface area (Å²) in [7, 11) is 0. The summed E-state index contributed by atoms with van der Waals surface area (Å²) in [5.41, 5.74) is 0.687. The van der Waals surface area contributed by atoms with Crippen LogP contribution in [0.3, 0.4) is 0 Å². The molecule has 1 N–H and O–H groups in total. The third-order valence-corrected chi connectivity index (χ3v) is 4.71. The maximum Gasteiger partial charge on any atom is 0.416 e. The summed E-state index contributed by atoms with van der Waals surface area (Å²) < 4.78 is 38.3. The van der Waals surface area contributed by atoms with Crippen LogP contribution < -0.4 is 5.32 Å². The van der Waals surface area contributed by atoms with Crippen LogP contribution in [-0.4, -0.2) is 24.0 Å². The van der Waals surface area contributed by atoms with Crippen molar-refractivity contribution in [3.05, 3.63) is 65.7 Å². The second kappa shape index (κ2) is 7.81. The van der Waals surface area contributed by atoms with Gasteiger partial charge in [0.2, 0.25) is 0 Å². The first kappa shape index (κ1) is 18.3. The van der Waals surface area contributed by atoms with Crippen molar-refractivity contribution >= 4 is 11.7 Å². The zero-order valence-electron chi connectivity index (χ0n) is 14.3. The Morgan fingerprint density at radius 3 is 2.38 bits per heavy atom. The molecule has 0 aromatic heterocycles. The second-order valence-electron chi connectivity index (χ2n) is 6.63. The Kier molecular flexibility index (Phi) is 5.49. The van der Waals surface area contributed by atoms with Crippen molar-refractivity contribution in [2.75, 3.05) is 18.4 Å². The number of piperidine rings is 1. The molecule has 1 aliphatic heterocycles. The van der Waals surface area contributed by atoms with E-state index in [4.69, 9.17) is 0 Å². The van der Waals surface area contributed by atoms with E-state index in [0.29, 0.717) is 19.0 Å². The van der Waals surface area contributed by atoms with Gasteiger partial charge in [0.1, 0.15) is 0 Å². The standard InChI is InChI=1S/C20H21F3N2O/c21-20(22,23)17-7-4-8-18(14-17)24-19(26)25-11-9-16(10-12-25)13-15-5-2-1-3-6-15/h1-8,14,16H,9-13H2,(H,24,26). The molecule has 3 rings (SSSR count). The highest BCUT2D eigenvalue weighted by atomic mass is 19.4. The molecule has 1 fully saturated rings. The van der Waals surface area contributed by atoms with Crippen LogP contribution in [-0.2, 0) is 12.6 Å². The number of carbonyl (C=O) groups excluding carboxylic acids is 1. The summed E-state index contributed by atoms with van der Waals surface area (Å²) in [5.74, 6) is 0.523.